The highest BCUT2D eigenvalue weighted by Crippen LogP contribution is 2.08. The molecule has 1 rings (SSSR count). The summed E-state index contributed by atoms with van der Waals surface area (Å²) >= 11 is 5.80. The third kappa shape index (κ3) is 7.36. The number of carbonyl (C=O) groups is 1. The number of carbonyl (C=O) groups excluding carboxylic acids is 1. The van der Waals surface area contributed by atoms with Crippen LogP contribution in [0.5, 0.6) is 0 Å². The second-order valence-electron chi connectivity index (χ2n) is 5.29. The number of hydrogen-bond donors (Lipinski definition) is 2. The SMILES string of the molecule is CC(C)COCC(C)NC(=O)NCc1ccc(Cl)cc1. The number of rotatable bonds is 7. The van der Waals surface area contributed by atoms with Gasteiger partial charge in [-0.3, -0.25) is 0 Å². The minimum atomic E-state index is -0.194. The molecule has 20 heavy (non-hydrogen) atoms. The van der Waals surface area contributed by atoms with Crippen molar-refractivity contribution >= 4 is 17.6 Å². The summed E-state index contributed by atoms with van der Waals surface area (Å²) in [5.74, 6) is 0.501. The van der Waals surface area contributed by atoms with Crippen LogP contribution in [0.25, 0.3) is 0 Å². The molecule has 1 aromatic rings. The minimum absolute atomic E-state index is 0.0148. The van der Waals surface area contributed by atoms with Crippen LogP contribution in [0, 0.1) is 5.92 Å². The molecule has 0 fully saturated rings. The molecule has 0 heterocycles. The first-order valence-corrected chi connectivity index (χ1v) is 7.21. The molecule has 0 aliphatic heterocycles. The number of amides is 2. The lowest BCUT2D eigenvalue weighted by atomic mass is 10.2. The number of urea groups is 1. The zero-order valence-electron chi connectivity index (χ0n) is 12.3. The second-order valence-corrected chi connectivity index (χ2v) is 5.72. The van der Waals surface area contributed by atoms with E-state index in [9.17, 15) is 4.79 Å². The first-order valence-electron chi connectivity index (χ1n) is 6.84. The van der Waals surface area contributed by atoms with Crippen LogP contribution in [-0.2, 0) is 11.3 Å². The van der Waals surface area contributed by atoms with Gasteiger partial charge in [0.1, 0.15) is 0 Å². The molecule has 1 aromatic carbocycles. The second kappa shape index (κ2) is 8.82. The van der Waals surface area contributed by atoms with Crippen molar-refractivity contribution in [3.05, 3.63) is 34.9 Å². The van der Waals surface area contributed by atoms with E-state index in [0.29, 0.717) is 30.7 Å². The fraction of sp³-hybridized carbons (Fsp3) is 0.533. The summed E-state index contributed by atoms with van der Waals surface area (Å²) in [6.45, 7) is 7.81. The largest absolute Gasteiger partial charge is 0.379 e. The number of hydrogen-bond acceptors (Lipinski definition) is 2. The molecule has 5 heteroatoms. The number of halogens is 1. The molecule has 0 saturated heterocycles. The molecule has 0 aliphatic rings. The van der Waals surface area contributed by atoms with E-state index in [1.165, 1.54) is 0 Å². The van der Waals surface area contributed by atoms with Crippen molar-refractivity contribution in [3.63, 3.8) is 0 Å². The zero-order chi connectivity index (χ0) is 15.0. The Morgan fingerprint density at radius 1 is 1.20 bits per heavy atom. The van der Waals surface area contributed by atoms with Crippen molar-refractivity contribution < 1.29 is 9.53 Å². The molecular weight excluding hydrogens is 276 g/mol. The van der Waals surface area contributed by atoms with Gasteiger partial charge in [0.15, 0.2) is 0 Å². The van der Waals surface area contributed by atoms with Gasteiger partial charge in [0, 0.05) is 18.2 Å². The highest BCUT2D eigenvalue weighted by Gasteiger charge is 2.07. The molecule has 0 radical (unpaired) electrons. The predicted molar refractivity (Wildman–Crippen MR) is 81.9 cm³/mol. The molecular formula is C15H23ClN2O2. The van der Waals surface area contributed by atoms with Gasteiger partial charge in [0.2, 0.25) is 0 Å². The zero-order valence-corrected chi connectivity index (χ0v) is 13.0. The Morgan fingerprint density at radius 2 is 1.85 bits per heavy atom. The van der Waals surface area contributed by atoms with E-state index in [4.69, 9.17) is 16.3 Å². The van der Waals surface area contributed by atoms with Crippen LogP contribution in [0.3, 0.4) is 0 Å². The average molecular weight is 299 g/mol. The van der Waals surface area contributed by atoms with Gasteiger partial charge in [-0.15, -0.1) is 0 Å². The van der Waals surface area contributed by atoms with Crippen LogP contribution >= 0.6 is 11.6 Å². The third-order valence-corrected chi connectivity index (χ3v) is 2.81. The van der Waals surface area contributed by atoms with Gasteiger partial charge < -0.3 is 15.4 Å². The maximum Gasteiger partial charge on any atom is 0.315 e. The summed E-state index contributed by atoms with van der Waals surface area (Å²) in [7, 11) is 0. The summed E-state index contributed by atoms with van der Waals surface area (Å²) in [4.78, 5) is 11.7. The monoisotopic (exact) mass is 298 g/mol. The summed E-state index contributed by atoms with van der Waals surface area (Å²) < 4.78 is 5.48. The Bertz CT molecular complexity index is 407. The van der Waals surface area contributed by atoms with Crippen LogP contribution in [0.15, 0.2) is 24.3 Å². The van der Waals surface area contributed by atoms with Crippen LogP contribution < -0.4 is 10.6 Å². The van der Waals surface area contributed by atoms with Gasteiger partial charge in [-0.1, -0.05) is 37.6 Å². The average Bonchev–Trinajstić information content (AvgIpc) is 2.37. The predicted octanol–water partition coefficient (Wildman–Crippen LogP) is 3.20. The topological polar surface area (TPSA) is 50.4 Å². The van der Waals surface area contributed by atoms with Gasteiger partial charge >= 0.3 is 6.03 Å². The van der Waals surface area contributed by atoms with E-state index in [-0.39, 0.29) is 12.1 Å². The molecule has 2 N–H and O–H groups in total. The lowest BCUT2D eigenvalue weighted by molar-refractivity contribution is 0.0954. The van der Waals surface area contributed by atoms with Crippen molar-refractivity contribution in [3.8, 4) is 0 Å². The molecule has 1 atom stereocenters. The van der Waals surface area contributed by atoms with Gasteiger partial charge in [0.05, 0.1) is 12.6 Å². The van der Waals surface area contributed by atoms with Crippen LogP contribution in [0.4, 0.5) is 4.79 Å². The van der Waals surface area contributed by atoms with Crippen molar-refractivity contribution in [1.29, 1.82) is 0 Å². The Hall–Kier alpha value is -1.26. The Morgan fingerprint density at radius 3 is 2.45 bits per heavy atom. The van der Waals surface area contributed by atoms with Crippen LogP contribution in [0.1, 0.15) is 26.3 Å². The lowest BCUT2D eigenvalue weighted by Gasteiger charge is -2.15. The quantitative estimate of drug-likeness (QED) is 0.812. The maximum absolute atomic E-state index is 11.7. The van der Waals surface area contributed by atoms with E-state index in [0.717, 1.165) is 5.56 Å². The Labute approximate surface area is 125 Å². The Kier molecular flexibility index (Phi) is 7.41. The lowest BCUT2D eigenvalue weighted by Crippen LogP contribution is -2.42. The molecule has 0 saturated carbocycles. The van der Waals surface area contributed by atoms with E-state index < -0.39 is 0 Å². The molecule has 0 aliphatic carbocycles. The number of benzene rings is 1. The smallest absolute Gasteiger partial charge is 0.315 e. The van der Waals surface area contributed by atoms with Crippen molar-refractivity contribution in [2.75, 3.05) is 13.2 Å². The molecule has 2 amide bonds. The van der Waals surface area contributed by atoms with Crippen molar-refractivity contribution in [2.24, 2.45) is 5.92 Å². The first kappa shape index (κ1) is 16.8. The summed E-state index contributed by atoms with van der Waals surface area (Å²) in [5.41, 5.74) is 1.01. The molecule has 1 unspecified atom stereocenters. The highest BCUT2D eigenvalue weighted by atomic mass is 35.5. The summed E-state index contributed by atoms with van der Waals surface area (Å²) in [6, 6.07) is 7.17. The fourth-order valence-corrected chi connectivity index (χ4v) is 1.71. The Balaban J connectivity index is 2.20. The minimum Gasteiger partial charge on any atom is -0.379 e. The van der Waals surface area contributed by atoms with Crippen LogP contribution in [-0.4, -0.2) is 25.3 Å². The van der Waals surface area contributed by atoms with E-state index in [1.807, 2.05) is 19.1 Å². The molecule has 4 nitrogen and oxygen atoms in total. The van der Waals surface area contributed by atoms with E-state index in [2.05, 4.69) is 24.5 Å². The van der Waals surface area contributed by atoms with Gasteiger partial charge in [0.25, 0.3) is 0 Å². The van der Waals surface area contributed by atoms with Gasteiger partial charge in [-0.05, 0) is 30.5 Å². The molecule has 112 valence electrons. The van der Waals surface area contributed by atoms with E-state index >= 15 is 0 Å². The molecule has 0 aromatic heterocycles. The standard InChI is InChI=1S/C15H23ClN2O2/c1-11(2)9-20-10-12(3)18-15(19)17-8-13-4-6-14(16)7-5-13/h4-7,11-12H,8-10H2,1-3H3,(H2,17,18,19). The normalized spacial score (nSPS) is 12.2. The number of nitrogens with one attached hydrogen (secondary N) is 2. The highest BCUT2D eigenvalue weighted by molar-refractivity contribution is 6.30. The maximum atomic E-state index is 11.7. The van der Waals surface area contributed by atoms with Gasteiger partial charge in [-0.25, -0.2) is 4.79 Å². The van der Waals surface area contributed by atoms with E-state index in [1.54, 1.807) is 12.1 Å². The summed E-state index contributed by atoms with van der Waals surface area (Å²) in [5, 5.41) is 6.32. The fourth-order valence-electron chi connectivity index (χ4n) is 1.58. The van der Waals surface area contributed by atoms with Crippen molar-refractivity contribution in [2.45, 2.75) is 33.4 Å². The molecule has 0 spiro atoms. The van der Waals surface area contributed by atoms with Crippen LogP contribution in [0.2, 0.25) is 5.02 Å². The van der Waals surface area contributed by atoms with Gasteiger partial charge in [-0.2, -0.15) is 0 Å². The first-order chi connectivity index (χ1) is 9.47. The summed E-state index contributed by atoms with van der Waals surface area (Å²) in [6.07, 6.45) is 0. The molecule has 0 bridgehead atoms. The number of ether oxygens (including phenoxy) is 1. The third-order valence-electron chi connectivity index (χ3n) is 2.56. The van der Waals surface area contributed by atoms with Crippen molar-refractivity contribution in [1.82, 2.24) is 10.6 Å².